The maximum absolute atomic E-state index is 11.5. The van der Waals surface area contributed by atoms with Gasteiger partial charge in [0.25, 0.3) is 0 Å². The Morgan fingerprint density at radius 3 is 2.13 bits per heavy atom. The fourth-order valence-electron chi connectivity index (χ4n) is 4.17. The normalized spacial score (nSPS) is 13.0. The predicted octanol–water partition coefficient (Wildman–Crippen LogP) is 7.45. The number of benzene rings is 3. The summed E-state index contributed by atoms with van der Waals surface area (Å²) in [5.74, 6) is 0.430. The van der Waals surface area contributed by atoms with Crippen LogP contribution in [0, 0.1) is 11.8 Å². The second kappa shape index (κ2) is 10.9. The molecule has 1 N–H and O–H groups in total. The standard InChI is InChI=1S/C29H34O2/c1-4-21(2)20-26-10-6-5-9-24(26)16-13-22(3)19-23-14-17-25(18-15-23)27-11-7-8-12-28(27)29(30)31/h5-12,14-15,17-18,21-22H,4,13,16,19-20H2,1-3H3,(H,30,31). The van der Waals surface area contributed by atoms with Crippen LogP contribution in [0.4, 0.5) is 0 Å². The Morgan fingerprint density at radius 1 is 0.806 bits per heavy atom. The van der Waals surface area contributed by atoms with Crippen molar-refractivity contribution < 1.29 is 9.90 Å². The van der Waals surface area contributed by atoms with E-state index in [2.05, 4.69) is 57.2 Å². The minimum Gasteiger partial charge on any atom is -0.478 e. The first-order valence-corrected chi connectivity index (χ1v) is 11.5. The number of rotatable bonds is 10. The van der Waals surface area contributed by atoms with Crippen molar-refractivity contribution in [2.75, 3.05) is 0 Å². The van der Waals surface area contributed by atoms with Crippen LogP contribution in [0.25, 0.3) is 11.1 Å². The Bertz CT molecular complexity index is 988. The molecule has 2 unspecified atom stereocenters. The van der Waals surface area contributed by atoms with Gasteiger partial charge in [-0.2, -0.15) is 0 Å². The molecular formula is C29H34O2. The van der Waals surface area contributed by atoms with Crippen molar-refractivity contribution in [2.45, 2.75) is 52.9 Å². The molecule has 0 bridgehead atoms. The average molecular weight is 415 g/mol. The lowest BCUT2D eigenvalue weighted by molar-refractivity contribution is 0.0697. The average Bonchev–Trinajstić information content (AvgIpc) is 2.79. The molecule has 0 aromatic heterocycles. The summed E-state index contributed by atoms with van der Waals surface area (Å²) in [6.07, 6.45) is 5.71. The number of carboxylic acid groups (broad SMARTS) is 1. The van der Waals surface area contributed by atoms with E-state index in [1.807, 2.05) is 24.3 Å². The first kappa shape index (κ1) is 22.8. The molecule has 0 saturated carbocycles. The summed E-state index contributed by atoms with van der Waals surface area (Å²) >= 11 is 0. The molecule has 0 saturated heterocycles. The molecule has 0 fully saturated rings. The molecule has 0 amide bonds. The summed E-state index contributed by atoms with van der Waals surface area (Å²) in [7, 11) is 0. The molecule has 0 aliphatic heterocycles. The van der Waals surface area contributed by atoms with E-state index in [1.54, 1.807) is 12.1 Å². The molecular weight excluding hydrogens is 380 g/mol. The highest BCUT2D eigenvalue weighted by Crippen LogP contribution is 2.26. The first-order chi connectivity index (χ1) is 15.0. The van der Waals surface area contributed by atoms with Crippen molar-refractivity contribution >= 4 is 5.97 Å². The Kier molecular flexibility index (Phi) is 8.06. The monoisotopic (exact) mass is 414 g/mol. The van der Waals surface area contributed by atoms with Gasteiger partial charge in [0.05, 0.1) is 5.56 Å². The molecule has 0 heterocycles. The van der Waals surface area contributed by atoms with Gasteiger partial charge in [-0.3, -0.25) is 0 Å². The number of hydrogen-bond acceptors (Lipinski definition) is 1. The van der Waals surface area contributed by atoms with E-state index < -0.39 is 5.97 Å². The largest absolute Gasteiger partial charge is 0.478 e. The molecule has 162 valence electrons. The van der Waals surface area contributed by atoms with Crippen LogP contribution in [0.2, 0.25) is 0 Å². The van der Waals surface area contributed by atoms with Crippen LogP contribution in [-0.2, 0) is 19.3 Å². The molecule has 2 heteroatoms. The zero-order chi connectivity index (χ0) is 22.2. The lowest BCUT2D eigenvalue weighted by Crippen LogP contribution is -2.05. The number of aromatic carboxylic acids is 1. The summed E-state index contributed by atoms with van der Waals surface area (Å²) in [4.78, 5) is 11.5. The summed E-state index contributed by atoms with van der Waals surface area (Å²) in [6.45, 7) is 6.92. The first-order valence-electron chi connectivity index (χ1n) is 11.5. The van der Waals surface area contributed by atoms with Crippen molar-refractivity contribution in [1.82, 2.24) is 0 Å². The fourth-order valence-corrected chi connectivity index (χ4v) is 4.17. The Balaban J connectivity index is 1.61. The zero-order valence-corrected chi connectivity index (χ0v) is 19.0. The van der Waals surface area contributed by atoms with Crippen molar-refractivity contribution in [3.05, 3.63) is 95.1 Å². The molecule has 31 heavy (non-hydrogen) atoms. The topological polar surface area (TPSA) is 37.3 Å². The molecule has 2 atom stereocenters. The Labute approximate surface area is 187 Å². The molecule has 0 aliphatic carbocycles. The van der Waals surface area contributed by atoms with Crippen molar-refractivity contribution in [1.29, 1.82) is 0 Å². The number of carboxylic acids is 1. The Hall–Kier alpha value is -2.87. The second-order valence-electron chi connectivity index (χ2n) is 8.88. The molecule has 2 nitrogen and oxygen atoms in total. The third-order valence-corrected chi connectivity index (χ3v) is 6.30. The summed E-state index contributed by atoms with van der Waals surface area (Å²) in [6, 6.07) is 24.5. The Morgan fingerprint density at radius 2 is 1.45 bits per heavy atom. The minimum atomic E-state index is -0.887. The highest BCUT2D eigenvalue weighted by molar-refractivity contribution is 5.95. The van der Waals surface area contributed by atoms with Crippen LogP contribution in [0.15, 0.2) is 72.8 Å². The van der Waals surface area contributed by atoms with Gasteiger partial charge in [-0.05, 0) is 71.4 Å². The highest BCUT2D eigenvalue weighted by atomic mass is 16.4. The lowest BCUT2D eigenvalue weighted by Gasteiger charge is -2.16. The van der Waals surface area contributed by atoms with E-state index in [9.17, 15) is 9.90 Å². The van der Waals surface area contributed by atoms with Crippen LogP contribution >= 0.6 is 0 Å². The lowest BCUT2D eigenvalue weighted by atomic mass is 9.89. The molecule has 0 radical (unpaired) electrons. The van der Waals surface area contributed by atoms with Crippen LogP contribution in [0.3, 0.4) is 0 Å². The number of aryl methyl sites for hydroxylation is 1. The molecule has 3 aromatic carbocycles. The molecule has 3 aromatic rings. The maximum atomic E-state index is 11.5. The summed E-state index contributed by atoms with van der Waals surface area (Å²) in [5, 5.41) is 9.44. The van der Waals surface area contributed by atoms with Crippen molar-refractivity contribution in [3.63, 3.8) is 0 Å². The molecule has 0 spiro atoms. The van der Waals surface area contributed by atoms with E-state index in [-0.39, 0.29) is 0 Å². The summed E-state index contributed by atoms with van der Waals surface area (Å²) in [5.41, 5.74) is 6.37. The third kappa shape index (κ3) is 6.30. The number of hydrogen-bond donors (Lipinski definition) is 1. The van der Waals surface area contributed by atoms with Crippen LogP contribution in [-0.4, -0.2) is 11.1 Å². The van der Waals surface area contributed by atoms with Crippen LogP contribution in [0.5, 0.6) is 0 Å². The number of carbonyl (C=O) groups is 1. The van der Waals surface area contributed by atoms with E-state index >= 15 is 0 Å². The predicted molar refractivity (Wildman–Crippen MR) is 130 cm³/mol. The van der Waals surface area contributed by atoms with Gasteiger partial charge in [0.15, 0.2) is 0 Å². The smallest absolute Gasteiger partial charge is 0.336 e. The molecule has 0 aliphatic rings. The van der Waals surface area contributed by atoms with Crippen LogP contribution < -0.4 is 0 Å². The van der Waals surface area contributed by atoms with E-state index in [0.717, 1.165) is 29.9 Å². The highest BCUT2D eigenvalue weighted by Gasteiger charge is 2.12. The quantitative estimate of drug-likeness (QED) is 0.374. The van der Waals surface area contributed by atoms with Crippen molar-refractivity contribution in [2.24, 2.45) is 11.8 Å². The van der Waals surface area contributed by atoms with Gasteiger partial charge in [-0.1, -0.05) is 93.9 Å². The third-order valence-electron chi connectivity index (χ3n) is 6.30. The SMILES string of the molecule is CCC(C)Cc1ccccc1CCC(C)Cc1ccc(-c2ccccc2C(=O)O)cc1. The van der Waals surface area contributed by atoms with Gasteiger partial charge in [-0.15, -0.1) is 0 Å². The van der Waals surface area contributed by atoms with E-state index in [1.165, 1.54) is 36.0 Å². The van der Waals surface area contributed by atoms with Gasteiger partial charge in [0.2, 0.25) is 0 Å². The van der Waals surface area contributed by atoms with Gasteiger partial charge in [0, 0.05) is 0 Å². The summed E-state index contributed by atoms with van der Waals surface area (Å²) < 4.78 is 0. The van der Waals surface area contributed by atoms with Crippen LogP contribution in [0.1, 0.15) is 60.7 Å². The fraction of sp³-hybridized carbons (Fsp3) is 0.345. The van der Waals surface area contributed by atoms with Gasteiger partial charge >= 0.3 is 5.97 Å². The van der Waals surface area contributed by atoms with Gasteiger partial charge in [0.1, 0.15) is 0 Å². The zero-order valence-electron chi connectivity index (χ0n) is 19.0. The van der Waals surface area contributed by atoms with Gasteiger partial charge < -0.3 is 5.11 Å². The van der Waals surface area contributed by atoms with E-state index in [4.69, 9.17) is 0 Å². The van der Waals surface area contributed by atoms with Crippen molar-refractivity contribution in [3.8, 4) is 11.1 Å². The maximum Gasteiger partial charge on any atom is 0.336 e. The van der Waals surface area contributed by atoms with Gasteiger partial charge in [-0.25, -0.2) is 4.79 Å². The molecule has 3 rings (SSSR count). The minimum absolute atomic E-state index is 0.347. The van der Waals surface area contributed by atoms with E-state index in [0.29, 0.717) is 11.5 Å². The second-order valence-corrected chi connectivity index (χ2v) is 8.88.